The maximum atomic E-state index is 13.6. The molecule has 1 saturated heterocycles. The summed E-state index contributed by atoms with van der Waals surface area (Å²) in [4.78, 5) is 21.3. The minimum Gasteiger partial charge on any atom is -0.394 e. The second kappa shape index (κ2) is 12.7. The molecule has 1 amide bonds. The predicted molar refractivity (Wildman–Crippen MR) is 145 cm³/mol. The lowest BCUT2D eigenvalue weighted by Crippen LogP contribution is -2.38. The van der Waals surface area contributed by atoms with Crippen LogP contribution in [0.3, 0.4) is 0 Å². The van der Waals surface area contributed by atoms with Crippen LogP contribution in [-0.2, 0) is 23.6 Å². The average molecular weight is 596 g/mol. The minimum atomic E-state index is -4.99. The van der Waals surface area contributed by atoms with Gasteiger partial charge in [-0.3, -0.25) is 4.79 Å². The van der Waals surface area contributed by atoms with Crippen LogP contribution in [0.5, 0.6) is 0 Å². The molecule has 42 heavy (non-hydrogen) atoms. The first-order valence-corrected chi connectivity index (χ1v) is 13.3. The summed E-state index contributed by atoms with van der Waals surface area (Å²) in [5, 5.41) is 9.00. The van der Waals surface area contributed by atoms with Crippen molar-refractivity contribution in [2.75, 3.05) is 38.3 Å². The van der Waals surface area contributed by atoms with E-state index in [0.717, 1.165) is 28.9 Å². The Balaban J connectivity index is 1.65. The van der Waals surface area contributed by atoms with Crippen molar-refractivity contribution in [3.8, 4) is 11.1 Å². The molecule has 0 spiro atoms. The van der Waals surface area contributed by atoms with Crippen molar-refractivity contribution in [1.82, 2.24) is 9.88 Å². The lowest BCUT2D eigenvalue weighted by Gasteiger charge is -2.33. The van der Waals surface area contributed by atoms with Crippen LogP contribution >= 0.6 is 0 Å². The van der Waals surface area contributed by atoms with E-state index in [2.05, 4.69) is 9.88 Å². The Morgan fingerprint density at radius 1 is 1.00 bits per heavy atom. The Bertz CT molecular complexity index is 1370. The minimum absolute atomic E-state index is 0.0208. The van der Waals surface area contributed by atoms with Gasteiger partial charge in [-0.1, -0.05) is 24.3 Å². The number of benzene rings is 2. The number of carbonyl (C=O) groups is 1. The molecule has 0 atom stereocenters. The molecule has 0 saturated carbocycles. The number of piperidine rings is 1. The van der Waals surface area contributed by atoms with Crippen molar-refractivity contribution in [2.45, 2.75) is 44.8 Å². The molecule has 1 aromatic heterocycles. The molecule has 6 nitrogen and oxygen atoms in total. The first kappa shape index (κ1) is 31.3. The highest BCUT2D eigenvalue weighted by molar-refractivity contribution is 6.01. The Morgan fingerprint density at radius 2 is 1.62 bits per heavy atom. The van der Waals surface area contributed by atoms with Gasteiger partial charge in [0.25, 0.3) is 5.91 Å². The van der Waals surface area contributed by atoms with Crippen LogP contribution in [0.4, 0.5) is 32.2 Å². The Kier molecular flexibility index (Phi) is 9.47. The molecule has 1 aliphatic rings. The van der Waals surface area contributed by atoms with Gasteiger partial charge in [0, 0.05) is 32.9 Å². The summed E-state index contributed by atoms with van der Waals surface area (Å²) in [5.74, 6) is 0.0233. The number of aliphatic hydroxyl groups is 1. The molecule has 0 radical (unpaired) electrons. The summed E-state index contributed by atoms with van der Waals surface area (Å²) in [5.41, 5.74) is -0.849. The largest absolute Gasteiger partial charge is 0.416 e. The number of halogens is 6. The number of ether oxygens (including phenoxy) is 1. The first-order chi connectivity index (χ1) is 19.8. The molecule has 1 fully saturated rings. The summed E-state index contributed by atoms with van der Waals surface area (Å²) in [7, 11) is 1.32. The number of alkyl halides is 6. The summed E-state index contributed by atoms with van der Waals surface area (Å²) in [6.07, 6.45) is -7.11. The van der Waals surface area contributed by atoms with Gasteiger partial charge in [-0.15, -0.1) is 0 Å². The molecule has 226 valence electrons. The number of aromatic nitrogens is 1. The molecule has 0 aliphatic carbocycles. The van der Waals surface area contributed by atoms with Crippen molar-refractivity contribution >= 4 is 11.7 Å². The Hall–Kier alpha value is -3.64. The number of aryl methyl sites for hydroxylation is 1. The zero-order valence-electron chi connectivity index (χ0n) is 23.1. The van der Waals surface area contributed by atoms with Crippen LogP contribution in [0.15, 0.2) is 54.7 Å². The van der Waals surface area contributed by atoms with Crippen LogP contribution < -0.4 is 4.90 Å². The van der Waals surface area contributed by atoms with Crippen molar-refractivity contribution in [1.29, 1.82) is 0 Å². The smallest absolute Gasteiger partial charge is 0.394 e. The topological polar surface area (TPSA) is 65.9 Å². The third kappa shape index (κ3) is 7.40. The number of pyridine rings is 1. The maximum Gasteiger partial charge on any atom is 0.416 e. The standard InChI is InChI=1S/C30H31F6N3O3/c1-19-5-3-4-6-24(19)25-16-27(39-9-7-23(8-10-39)42-12-11-40)37-17-26(25)28(41)38(2)18-20-13-21(29(31,32)33)15-22(14-20)30(34,35)36/h3-6,13-17,23,40H,7-12,18H2,1-2H3. The number of nitrogens with zero attached hydrogens (tertiary/aromatic N) is 3. The number of hydrogen-bond donors (Lipinski definition) is 1. The van der Waals surface area contributed by atoms with E-state index in [-0.39, 0.29) is 36.5 Å². The van der Waals surface area contributed by atoms with Crippen molar-refractivity contribution in [2.24, 2.45) is 0 Å². The fourth-order valence-corrected chi connectivity index (χ4v) is 5.02. The van der Waals surface area contributed by atoms with Gasteiger partial charge in [-0.2, -0.15) is 26.3 Å². The molecule has 12 heteroatoms. The lowest BCUT2D eigenvalue weighted by atomic mass is 9.96. The second-order valence-corrected chi connectivity index (χ2v) is 10.3. The Labute approximate surface area is 239 Å². The number of rotatable bonds is 8. The van der Waals surface area contributed by atoms with Gasteiger partial charge < -0.3 is 19.6 Å². The van der Waals surface area contributed by atoms with E-state index in [0.29, 0.717) is 36.6 Å². The third-order valence-corrected chi connectivity index (χ3v) is 7.18. The molecule has 2 aromatic carbocycles. The molecule has 1 N–H and O–H groups in total. The van der Waals surface area contributed by atoms with Gasteiger partial charge in [0.1, 0.15) is 5.82 Å². The molecule has 0 unspecified atom stereocenters. The van der Waals surface area contributed by atoms with E-state index in [1.165, 1.54) is 13.2 Å². The van der Waals surface area contributed by atoms with Gasteiger partial charge in [-0.25, -0.2) is 4.98 Å². The second-order valence-electron chi connectivity index (χ2n) is 10.3. The van der Waals surface area contributed by atoms with Crippen LogP contribution in [0.25, 0.3) is 11.1 Å². The predicted octanol–water partition coefficient (Wildman–Crippen LogP) is 6.34. The number of amides is 1. The fourth-order valence-electron chi connectivity index (χ4n) is 5.02. The van der Waals surface area contributed by atoms with Gasteiger partial charge in [0.2, 0.25) is 0 Å². The molecule has 2 heterocycles. The van der Waals surface area contributed by atoms with Crippen molar-refractivity contribution in [3.63, 3.8) is 0 Å². The molecular weight excluding hydrogens is 564 g/mol. The Morgan fingerprint density at radius 3 is 2.19 bits per heavy atom. The fraction of sp³-hybridized carbons (Fsp3) is 0.400. The van der Waals surface area contributed by atoms with Gasteiger partial charge in [0.05, 0.1) is 36.0 Å². The van der Waals surface area contributed by atoms with Gasteiger partial charge in [0.15, 0.2) is 0 Å². The van der Waals surface area contributed by atoms with Crippen LogP contribution in [-0.4, -0.2) is 60.4 Å². The molecule has 3 aromatic rings. The van der Waals surface area contributed by atoms with Crippen LogP contribution in [0, 0.1) is 6.92 Å². The van der Waals surface area contributed by atoms with Gasteiger partial charge in [-0.05, 0) is 66.3 Å². The van der Waals surface area contributed by atoms with E-state index >= 15 is 0 Å². The first-order valence-electron chi connectivity index (χ1n) is 13.3. The average Bonchev–Trinajstić information content (AvgIpc) is 2.95. The van der Waals surface area contributed by atoms with E-state index in [1.54, 1.807) is 6.07 Å². The molecule has 0 bridgehead atoms. The van der Waals surface area contributed by atoms with E-state index in [9.17, 15) is 31.1 Å². The highest BCUT2D eigenvalue weighted by Crippen LogP contribution is 2.37. The summed E-state index contributed by atoms with van der Waals surface area (Å²) in [6.45, 7) is 2.88. The molecular formula is C30H31F6N3O3. The number of hydrogen-bond acceptors (Lipinski definition) is 5. The zero-order chi connectivity index (χ0) is 30.7. The van der Waals surface area contributed by atoms with E-state index in [4.69, 9.17) is 9.84 Å². The lowest BCUT2D eigenvalue weighted by molar-refractivity contribution is -0.143. The molecule has 1 aliphatic heterocycles. The number of carbonyl (C=O) groups excluding carboxylic acids is 1. The highest BCUT2D eigenvalue weighted by Gasteiger charge is 2.37. The number of anilines is 1. The third-order valence-electron chi connectivity index (χ3n) is 7.18. The van der Waals surface area contributed by atoms with Crippen LogP contribution in [0.1, 0.15) is 45.5 Å². The van der Waals surface area contributed by atoms with E-state index in [1.807, 2.05) is 31.2 Å². The highest BCUT2D eigenvalue weighted by atomic mass is 19.4. The van der Waals surface area contributed by atoms with Crippen molar-refractivity contribution < 1.29 is 41.0 Å². The summed E-state index contributed by atoms with van der Waals surface area (Å²) in [6, 6.07) is 10.5. The van der Waals surface area contributed by atoms with E-state index < -0.39 is 35.9 Å². The zero-order valence-corrected chi connectivity index (χ0v) is 23.1. The number of aliphatic hydroxyl groups excluding tert-OH is 1. The molecule has 4 rings (SSSR count). The monoisotopic (exact) mass is 595 g/mol. The summed E-state index contributed by atoms with van der Waals surface area (Å²) < 4.78 is 85.8. The maximum absolute atomic E-state index is 13.6. The van der Waals surface area contributed by atoms with Crippen molar-refractivity contribution in [3.05, 3.63) is 82.5 Å². The summed E-state index contributed by atoms with van der Waals surface area (Å²) >= 11 is 0. The van der Waals surface area contributed by atoms with Crippen LogP contribution in [0.2, 0.25) is 0 Å². The van der Waals surface area contributed by atoms with Gasteiger partial charge >= 0.3 is 12.4 Å². The quantitative estimate of drug-likeness (QED) is 0.308. The normalized spacial score (nSPS) is 14.7. The SMILES string of the molecule is Cc1ccccc1-c1cc(N2CCC(OCCO)CC2)ncc1C(=O)N(C)Cc1cc(C(F)(F)F)cc(C(F)(F)F)c1.